The first-order chi connectivity index (χ1) is 9.60. The van der Waals surface area contributed by atoms with Gasteiger partial charge in [0.05, 0.1) is 13.0 Å². The Morgan fingerprint density at radius 1 is 1.35 bits per heavy atom. The van der Waals surface area contributed by atoms with Gasteiger partial charge in [0.25, 0.3) is 0 Å². The fourth-order valence-corrected chi connectivity index (χ4v) is 2.52. The number of benzene rings is 1. The molecule has 1 aromatic carbocycles. The number of carbonyl (C=O) groups excluding carboxylic acids is 1. The van der Waals surface area contributed by atoms with E-state index in [2.05, 4.69) is 5.01 Å². The zero-order valence-electron chi connectivity index (χ0n) is 11.7. The van der Waals surface area contributed by atoms with Crippen LogP contribution in [0.4, 0.5) is 0 Å². The molecule has 5 heteroatoms. The summed E-state index contributed by atoms with van der Waals surface area (Å²) in [6.45, 7) is 4.25. The summed E-state index contributed by atoms with van der Waals surface area (Å²) >= 11 is 0. The summed E-state index contributed by atoms with van der Waals surface area (Å²) in [5.74, 6) is -0.701. The number of hydrazine groups is 1. The molecule has 0 aromatic heterocycles. The third-order valence-corrected chi connectivity index (χ3v) is 3.48. The lowest BCUT2D eigenvalue weighted by Gasteiger charge is -2.38. The van der Waals surface area contributed by atoms with Crippen molar-refractivity contribution in [2.24, 2.45) is 0 Å². The summed E-state index contributed by atoms with van der Waals surface area (Å²) in [5, 5.41) is 12.7. The first-order valence-corrected chi connectivity index (χ1v) is 6.95. The van der Waals surface area contributed by atoms with Crippen molar-refractivity contribution in [3.05, 3.63) is 35.4 Å². The van der Waals surface area contributed by atoms with Crippen LogP contribution in [-0.4, -0.2) is 40.1 Å². The number of rotatable bonds is 5. The summed E-state index contributed by atoms with van der Waals surface area (Å²) in [7, 11) is 0. The van der Waals surface area contributed by atoms with Crippen molar-refractivity contribution < 1.29 is 14.7 Å². The van der Waals surface area contributed by atoms with E-state index in [0.29, 0.717) is 13.0 Å². The molecule has 0 spiro atoms. The largest absolute Gasteiger partial charge is 0.481 e. The molecule has 0 saturated carbocycles. The minimum absolute atomic E-state index is 0.0132. The molecule has 0 bridgehead atoms. The van der Waals surface area contributed by atoms with Crippen molar-refractivity contribution >= 4 is 11.9 Å². The number of amides is 1. The Balaban J connectivity index is 2.11. The number of carboxylic acids is 1. The summed E-state index contributed by atoms with van der Waals surface area (Å²) in [5.41, 5.74) is 1.74. The number of hydrogen-bond donors (Lipinski definition) is 1. The highest BCUT2D eigenvalue weighted by Gasteiger charge is 2.24. The molecule has 1 heterocycles. The van der Waals surface area contributed by atoms with Gasteiger partial charge in [-0.2, -0.15) is 0 Å². The van der Waals surface area contributed by atoms with Crippen LogP contribution in [0.5, 0.6) is 0 Å². The normalized spacial score (nSPS) is 16.4. The van der Waals surface area contributed by atoms with Crippen LogP contribution in [0.1, 0.15) is 30.9 Å². The van der Waals surface area contributed by atoms with Crippen LogP contribution in [0, 0.1) is 0 Å². The zero-order chi connectivity index (χ0) is 14.5. The highest BCUT2D eigenvalue weighted by Crippen LogP contribution is 2.17. The molecule has 1 N–H and O–H groups in total. The minimum atomic E-state index is -0.841. The third kappa shape index (κ3) is 3.57. The lowest BCUT2D eigenvalue weighted by atomic mass is 10.1. The van der Waals surface area contributed by atoms with Gasteiger partial charge in [-0.3, -0.25) is 14.6 Å². The number of nitrogens with zero attached hydrogens (tertiary/aromatic N) is 2. The summed E-state index contributed by atoms with van der Waals surface area (Å²) in [6.07, 6.45) is 1.51. The highest BCUT2D eigenvalue weighted by molar-refractivity contribution is 5.76. The van der Waals surface area contributed by atoms with Crippen molar-refractivity contribution in [2.75, 3.05) is 13.1 Å². The van der Waals surface area contributed by atoms with Crippen LogP contribution in [0.3, 0.4) is 0 Å². The topological polar surface area (TPSA) is 60.9 Å². The number of hydrogen-bond acceptors (Lipinski definition) is 3. The molecule has 1 aliphatic heterocycles. The first-order valence-electron chi connectivity index (χ1n) is 6.95. The molecular weight excluding hydrogens is 256 g/mol. The van der Waals surface area contributed by atoms with Crippen LogP contribution in [0.25, 0.3) is 0 Å². The average Bonchev–Trinajstić information content (AvgIpc) is 2.41. The van der Waals surface area contributed by atoms with Gasteiger partial charge >= 0.3 is 5.97 Å². The van der Waals surface area contributed by atoms with Gasteiger partial charge in [-0.15, -0.1) is 0 Å². The summed E-state index contributed by atoms with van der Waals surface area (Å²) in [4.78, 5) is 22.8. The Kier molecular flexibility index (Phi) is 4.74. The molecule has 1 aliphatic rings. The maximum Gasteiger partial charge on any atom is 0.307 e. The van der Waals surface area contributed by atoms with Crippen LogP contribution in [0.15, 0.2) is 24.3 Å². The molecule has 1 amide bonds. The van der Waals surface area contributed by atoms with E-state index < -0.39 is 5.97 Å². The quantitative estimate of drug-likeness (QED) is 0.888. The lowest BCUT2D eigenvalue weighted by molar-refractivity contribution is -0.156. The molecular formula is C15H20N2O3. The van der Waals surface area contributed by atoms with E-state index in [1.165, 1.54) is 0 Å². The van der Waals surface area contributed by atoms with Gasteiger partial charge < -0.3 is 5.11 Å². The van der Waals surface area contributed by atoms with Gasteiger partial charge in [-0.25, -0.2) is 5.01 Å². The minimum Gasteiger partial charge on any atom is -0.481 e. The second-order valence-electron chi connectivity index (χ2n) is 4.99. The van der Waals surface area contributed by atoms with E-state index in [9.17, 15) is 9.59 Å². The Morgan fingerprint density at radius 2 is 2.10 bits per heavy atom. The molecule has 1 aromatic rings. The van der Waals surface area contributed by atoms with Crippen molar-refractivity contribution in [1.82, 2.24) is 10.0 Å². The molecule has 0 radical (unpaired) electrons. The first kappa shape index (κ1) is 14.5. The second-order valence-corrected chi connectivity index (χ2v) is 4.99. The molecule has 108 valence electrons. The van der Waals surface area contributed by atoms with Gasteiger partial charge in [0.1, 0.15) is 0 Å². The van der Waals surface area contributed by atoms with Crippen molar-refractivity contribution in [3.63, 3.8) is 0 Å². The molecule has 20 heavy (non-hydrogen) atoms. The fourth-order valence-electron chi connectivity index (χ4n) is 2.52. The Bertz CT molecular complexity index is 502. The van der Waals surface area contributed by atoms with E-state index in [1.54, 1.807) is 11.1 Å². The zero-order valence-corrected chi connectivity index (χ0v) is 11.7. The van der Waals surface area contributed by atoms with Crippen molar-refractivity contribution in [3.8, 4) is 0 Å². The van der Waals surface area contributed by atoms with Crippen LogP contribution >= 0.6 is 0 Å². The second kappa shape index (κ2) is 6.52. The van der Waals surface area contributed by atoms with Gasteiger partial charge in [0, 0.05) is 19.5 Å². The SMILES string of the molecule is CCN1CCCC(=O)N1Cc1cccc(CC(=O)O)c1. The number of aliphatic carboxylic acids is 1. The van der Waals surface area contributed by atoms with E-state index >= 15 is 0 Å². The van der Waals surface area contributed by atoms with Gasteiger partial charge in [0.2, 0.25) is 5.91 Å². The third-order valence-electron chi connectivity index (χ3n) is 3.48. The molecule has 0 aliphatic carbocycles. The Morgan fingerprint density at radius 3 is 2.80 bits per heavy atom. The molecule has 5 nitrogen and oxygen atoms in total. The van der Waals surface area contributed by atoms with E-state index in [1.807, 2.05) is 25.1 Å². The molecule has 0 atom stereocenters. The number of carboxylic acid groups (broad SMARTS) is 1. The van der Waals surface area contributed by atoms with Crippen molar-refractivity contribution in [2.45, 2.75) is 32.7 Å². The lowest BCUT2D eigenvalue weighted by Crippen LogP contribution is -2.49. The van der Waals surface area contributed by atoms with Gasteiger partial charge in [-0.05, 0) is 17.5 Å². The fraction of sp³-hybridized carbons (Fsp3) is 0.467. The molecule has 1 fully saturated rings. The van der Waals surface area contributed by atoms with Crippen LogP contribution in [-0.2, 0) is 22.6 Å². The molecule has 1 saturated heterocycles. The van der Waals surface area contributed by atoms with Gasteiger partial charge in [-0.1, -0.05) is 31.2 Å². The predicted octanol–water partition coefficient (Wildman–Crippen LogP) is 1.67. The van der Waals surface area contributed by atoms with E-state index in [-0.39, 0.29) is 12.3 Å². The van der Waals surface area contributed by atoms with E-state index in [4.69, 9.17) is 5.11 Å². The highest BCUT2D eigenvalue weighted by atomic mass is 16.4. The molecule has 0 unspecified atom stereocenters. The van der Waals surface area contributed by atoms with Crippen LogP contribution in [0.2, 0.25) is 0 Å². The Labute approximate surface area is 118 Å². The predicted molar refractivity (Wildman–Crippen MR) is 74.8 cm³/mol. The average molecular weight is 276 g/mol. The van der Waals surface area contributed by atoms with Crippen LogP contribution < -0.4 is 0 Å². The van der Waals surface area contributed by atoms with Gasteiger partial charge in [0.15, 0.2) is 0 Å². The smallest absolute Gasteiger partial charge is 0.307 e. The van der Waals surface area contributed by atoms with Crippen molar-refractivity contribution in [1.29, 1.82) is 0 Å². The maximum atomic E-state index is 12.0. The van der Waals surface area contributed by atoms with E-state index in [0.717, 1.165) is 30.6 Å². The Hall–Kier alpha value is -1.88. The number of carbonyl (C=O) groups is 2. The summed E-state index contributed by atoms with van der Waals surface area (Å²) < 4.78 is 0. The maximum absolute atomic E-state index is 12.0. The summed E-state index contributed by atoms with van der Waals surface area (Å²) in [6, 6.07) is 7.44. The monoisotopic (exact) mass is 276 g/mol. The molecule has 2 rings (SSSR count). The standard InChI is InChI=1S/C15H20N2O3/c1-2-16-8-4-7-14(18)17(16)11-13-6-3-5-12(9-13)10-15(19)20/h3,5-6,9H,2,4,7-8,10-11H2,1H3,(H,19,20).